The minimum atomic E-state index is -0.619. The lowest BCUT2D eigenvalue weighted by Crippen LogP contribution is -2.41. The van der Waals surface area contributed by atoms with Gasteiger partial charge in [0.15, 0.2) is 0 Å². The molecule has 1 aromatic heterocycles. The second kappa shape index (κ2) is 10.0. The van der Waals surface area contributed by atoms with E-state index >= 15 is 0 Å². The maximum Gasteiger partial charge on any atom is 0.328 e. The topological polar surface area (TPSA) is 104 Å². The van der Waals surface area contributed by atoms with E-state index in [4.69, 9.17) is 27.9 Å². The molecule has 10 heteroatoms. The van der Waals surface area contributed by atoms with Gasteiger partial charge in [0.1, 0.15) is 11.9 Å². The number of carbonyl (C=O) groups excluding carboxylic acids is 3. The molecule has 1 fully saturated rings. The van der Waals surface area contributed by atoms with Crippen LogP contribution in [0, 0.1) is 0 Å². The average Bonchev–Trinajstić information content (AvgIpc) is 3.45. The summed E-state index contributed by atoms with van der Waals surface area (Å²) >= 11 is 12.4. The SMILES string of the molecule is CCOC(=O)[C@H]1CCCN1C(=O)c1ccc(C(=O)NC(C)c2nc3cc(Cl)ccc3[nH]2)cc1Cl. The highest BCUT2D eigenvalue weighted by Crippen LogP contribution is 2.26. The van der Waals surface area contributed by atoms with E-state index in [1.54, 1.807) is 26.0 Å². The fourth-order valence-corrected chi connectivity index (χ4v) is 4.46. The van der Waals surface area contributed by atoms with Crippen molar-refractivity contribution in [2.75, 3.05) is 13.2 Å². The van der Waals surface area contributed by atoms with Crippen LogP contribution in [0.15, 0.2) is 36.4 Å². The summed E-state index contributed by atoms with van der Waals surface area (Å²) < 4.78 is 5.09. The first-order valence-electron chi connectivity index (χ1n) is 11.0. The van der Waals surface area contributed by atoms with E-state index in [0.717, 1.165) is 5.52 Å². The van der Waals surface area contributed by atoms with Crippen LogP contribution in [0.2, 0.25) is 10.0 Å². The summed E-state index contributed by atoms with van der Waals surface area (Å²) in [6.07, 6.45) is 1.26. The number of carbonyl (C=O) groups is 3. The molecule has 0 saturated carbocycles. The van der Waals surface area contributed by atoms with Gasteiger partial charge in [0, 0.05) is 17.1 Å². The average molecular weight is 503 g/mol. The number of esters is 1. The summed E-state index contributed by atoms with van der Waals surface area (Å²) in [6, 6.07) is 8.79. The van der Waals surface area contributed by atoms with Crippen molar-refractivity contribution >= 4 is 52.0 Å². The number of fused-ring (bicyclic) bond motifs is 1. The first kappa shape index (κ1) is 24.0. The van der Waals surface area contributed by atoms with Crippen LogP contribution < -0.4 is 5.32 Å². The van der Waals surface area contributed by atoms with Crippen molar-refractivity contribution in [3.05, 3.63) is 63.4 Å². The highest BCUT2D eigenvalue weighted by molar-refractivity contribution is 6.34. The number of likely N-dealkylation sites (tertiary alicyclic amines) is 1. The molecule has 34 heavy (non-hydrogen) atoms. The summed E-state index contributed by atoms with van der Waals surface area (Å²) in [5.41, 5.74) is 2.06. The number of hydrogen-bond acceptors (Lipinski definition) is 5. The molecule has 1 aliphatic heterocycles. The minimum absolute atomic E-state index is 0.137. The molecule has 1 saturated heterocycles. The van der Waals surface area contributed by atoms with Crippen LogP contribution in [-0.4, -0.2) is 51.8 Å². The zero-order chi connectivity index (χ0) is 24.4. The number of aromatic amines is 1. The monoisotopic (exact) mass is 502 g/mol. The van der Waals surface area contributed by atoms with Gasteiger partial charge in [-0.1, -0.05) is 23.2 Å². The van der Waals surface area contributed by atoms with Gasteiger partial charge in [-0.05, 0) is 63.1 Å². The van der Waals surface area contributed by atoms with Gasteiger partial charge < -0.3 is 19.9 Å². The van der Waals surface area contributed by atoms with Crippen LogP contribution in [0.1, 0.15) is 59.3 Å². The Morgan fingerprint density at radius 2 is 2.03 bits per heavy atom. The molecular weight excluding hydrogens is 479 g/mol. The molecular formula is C24H24Cl2N4O4. The summed E-state index contributed by atoms with van der Waals surface area (Å²) in [7, 11) is 0. The van der Waals surface area contributed by atoms with Crippen LogP contribution in [0.4, 0.5) is 0 Å². The third-order valence-electron chi connectivity index (χ3n) is 5.76. The van der Waals surface area contributed by atoms with E-state index in [1.807, 2.05) is 6.07 Å². The van der Waals surface area contributed by atoms with Crippen molar-refractivity contribution in [3.8, 4) is 0 Å². The lowest BCUT2D eigenvalue weighted by molar-refractivity contribution is -0.147. The number of nitrogens with zero attached hydrogens (tertiary/aromatic N) is 2. The smallest absolute Gasteiger partial charge is 0.328 e. The van der Waals surface area contributed by atoms with Crippen molar-refractivity contribution in [1.29, 1.82) is 0 Å². The molecule has 2 heterocycles. The van der Waals surface area contributed by atoms with E-state index in [2.05, 4.69) is 15.3 Å². The number of benzene rings is 2. The minimum Gasteiger partial charge on any atom is -0.464 e. The maximum absolute atomic E-state index is 13.1. The molecule has 1 aliphatic rings. The van der Waals surface area contributed by atoms with Crippen molar-refractivity contribution in [1.82, 2.24) is 20.2 Å². The van der Waals surface area contributed by atoms with Crippen molar-refractivity contribution in [2.45, 2.75) is 38.8 Å². The van der Waals surface area contributed by atoms with Crippen molar-refractivity contribution in [2.24, 2.45) is 0 Å². The molecule has 8 nitrogen and oxygen atoms in total. The number of hydrogen-bond donors (Lipinski definition) is 2. The van der Waals surface area contributed by atoms with E-state index in [-0.39, 0.29) is 29.0 Å². The Morgan fingerprint density at radius 3 is 2.76 bits per heavy atom. The number of ether oxygens (including phenoxy) is 1. The van der Waals surface area contributed by atoms with Gasteiger partial charge in [-0.15, -0.1) is 0 Å². The Kier molecular flexibility index (Phi) is 7.09. The number of imidazole rings is 1. The van der Waals surface area contributed by atoms with Crippen molar-refractivity contribution in [3.63, 3.8) is 0 Å². The molecule has 0 spiro atoms. The Bertz CT molecular complexity index is 1260. The molecule has 2 aromatic carbocycles. The molecule has 0 radical (unpaired) electrons. The zero-order valence-corrected chi connectivity index (χ0v) is 20.2. The van der Waals surface area contributed by atoms with Gasteiger partial charge in [-0.25, -0.2) is 9.78 Å². The molecule has 0 bridgehead atoms. The Labute approximate surface area is 206 Å². The predicted octanol–water partition coefficient (Wildman–Crippen LogP) is 4.53. The van der Waals surface area contributed by atoms with E-state index in [1.165, 1.54) is 23.1 Å². The Balaban J connectivity index is 1.47. The summed E-state index contributed by atoms with van der Waals surface area (Å²) in [6.45, 7) is 4.23. The lowest BCUT2D eigenvalue weighted by Gasteiger charge is -2.23. The summed E-state index contributed by atoms with van der Waals surface area (Å²) in [5.74, 6) is -0.552. The molecule has 2 N–H and O–H groups in total. The largest absolute Gasteiger partial charge is 0.464 e. The number of halogens is 2. The summed E-state index contributed by atoms with van der Waals surface area (Å²) in [4.78, 5) is 47.2. The van der Waals surface area contributed by atoms with Gasteiger partial charge in [-0.2, -0.15) is 0 Å². The number of rotatable bonds is 6. The second-order valence-electron chi connectivity index (χ2n) is 8.08. The first-order valence-corrected chi connectivity index (χ1v) is 11.8. The number of H-pyrrole nitrogens is 1. The van der Waals surface area contributed by atoms with Gasteiger partial charge in [0.25, 0.3) is 11.8 Å². The third kappa shape index (κ3) is 4.88. The van der Waals surface area contributed by atoms with Gasteiger partial charge >= 0.3 is 5.97 Å². The molecule has 2 amide bonds. The van der Waals surface area contributed by atoms with E-state index in [0.29, 0.717) is 41.3 Å². The fourth-order valence-electron chi connectivity index (χ4n) is 4.03. The van der Waals surface area contributed by atoms with Gasteiger partial charge in [0.05, 0.1) is 34.3 Å². The molecule has 4 rings (SSSR count). The summed E-state index contributed by atoms with van der Waals surface area (Å²) in [5, 5.41) is 3.59. The second-order valence-corrected chi connectivity index (χ2v) is 8.93. The molecule has 0 aliphatic carbocycles. The Hall–Kier alpha value is -3.10. The molecule has 178 valence electrons. The normalized spacial score (nSPS) is 16.5. The Morgan fingerprint density at radius 1 is 1.24 bits per heavy atom. The van der Waals surface area contributed by atoms with Crippen molar-refractivity contribution < 1.29 is 19.1 Å². The maximum atomic E-state index is 13.1. The molecule has 2 atom stereocenters. The number of amides is 2. The zero-order valence-electron chi connectivity index (χ0n) is 18.7. The van der Waals surface area contributed by atoms with Crippen LogP contribution in [-0.2, 0) is 9.53 Å². The highest BCUT2D eigenvalue weighted by atomic mass is 35.5. The van der Waals surface area contributed by atoms with Gasteiger partial charge in [-0.3, -0.25) is 9.59 Å². The van der Waals surface area contributed by atoms with Crippen LogP contribution in [0.25, 0.3) is 11.0 Å². The highest BCUT2D eigenvalue weighted by Gasteiger charge is 2.36. The first-order chi connectivity index (χ1) is 16.3. The van der Waals surface area contributed by atoms with Crippen LogP contribution >= 0.6 is 23.2 Å². The van der Waals surface area contributed by atoms with Crippen LogP contribution in [0.3, 0.4) is 0 Å². The van der Waals surface area contributed by atoms with Gasteiger partial charge in [0.2, 0.25) is 0 Å². The number of nitrogens with one attached hydrogen (secondary N) is 2. The lowest BCUT2D eigenvalue weighted by atomic mass is 10.1. The molecule has 1 unspecified atom stereocenters. The number of aromatic nitrogens is 2. The third-order valence-corrected chi connectivity index (χ3v) is 6.30. The standard InChI is InChI=1S/C24H24Cl2N4O4/c1-3-34-24(33)20-5-4-10-30(20)23(32)16-8-6-14(11-17(16)26)22(31)27-13(2)21-28-18-9-7-15(25)12-19(18)29-21/h6-9,11-13,20H,3-5,10H2,1-2H3,(H,27,31)(H,28,29)/t13?,20-/m1/s1. The molecule has 3 aromatic rings. The quantitative estimate of drug-likeness (QED) is 0.481. The van der Waals surface area contributed by atoms with Crippen LogP contribution in [0.5, 0.6) is 0 Å². The fraction of sp³-hybridized carbons (Fsp3) is 0.333. The predicted molar refractivity (Wildman–Crippen MR) is 129 cm³/mol. The van der Waals surface area contributed by atoms with E-state index < -0.39 is 18.1 Å². The van der Waals surface area contributed by atoms with E-state index in [9.17, 15) is 14.4 Å².